The van der Waals surface area contributed by atoms with Crippen molar-refractivity contribution in [3.63, 3.8) is 0 Å². The first-order chi connectivity index (χ1) is 11.3. The van der Waals surface area contributed by atoms with Gasteiger partial charge in [-0.2, -0.15) is 0 Å². The first kappa shape index (κ1) is 16.3. The molecule has 2 N–H and O–H groups in total. The van der Waals surface area contributed by atoms with Crippen molar-refractivity contribution >= 4 is 28.6 Å². The Morgan fingerprint density at radius 2 is 1.88 bits per heavy atom. The van der Waals surface area contributed by atoms with Gasteiger partial charge in [0.1, 0.15) is 11.4 Å². The first-order valence-corrected chi connectivity index (χ1v) is 8.07. The lowest BCUT2D eigenvalue weighted by Gasteiger charge is -2.36. The minimum atomic E-state index is -0.472. The van der Waals surface area contributed by atoms with E-state index in [1.165, 1.54) is 0 Å². The number of aromatic nitrogens is 2. The average Bonchev–Trinajstić information content (AvgIpc) is 2.53. The van der Waals surface area contributed by atoms with E-state index < -0.39 is 5.60 Å². The lowest BCUT2D eigenvalue weighted by molar-refractivity contribution is 0.0240. The summed E-state index contributed by atoms with van der Waals surface area (Å²) in [5, 5.41) is 0. The van der Waals surface area contributed by atoms with E-state index in [2.05, 4.69) is 14.9 Å². The number of rotatable bonds is 1. The second-order valence-corrected chi connectivity index (χ2v) is 6.93. The largest absolute Gasteiger partial charge is 0.444 e. The highest BCUT2D eigenvalue weighted by molar-refractivity contribution is 5.79. The van der Waals surface area contributed by atoms with Gasteiger partial charge in [-0.3, -0.25) is 4.98 Å². The highest BCUT2D eigenvalue weighted by Crippen LogP contribution is 2.19. The summed E-state index contributed by atoms with van der Waals surface area (Å²) >= 11 is 0. The molecule has 0 spiro atoms. The Morgan fingerprint density at radius 3 is 2.54 bits per heavy atom. The Morgan fingerprint density at radius 1 is 1.17 bits per heavy atom. The lowest BCUT2D eigenvalue weighted by atomic mass is 10.2. The van der Waals surface area contributed by atoms with E-state index in [0.29, 0.717) is 31.9 Å². The molecule has 1 aromatic carbocycles. The second kappa shape index (κ2) is 6.14. The van der Waals surface area contributed by atoms with Crippen LogP contribution in [0.1, 0.15) is 20.8 Å². The van der Waals surface area contributed by atoms with Crippen LogP contribution < -0.4 is 10.6 Å². The van der Waals surface area contributed by atoms with Crippen molar-refractivity contribution in [2.75, 3.05) is 36.8 Å². The topological polar surface area (TPSA) is 84.6 Å². The summed E-state index contributed by atoms with van der Waals surface area (Å²) in [6.07, 6.45) is 1.49. The molecule has 24 heavy (non-hydrogen) atoms. The number of carbonyl (C=O) groups excluding carboxylic acids is 1. The molecule has 1 saturated heterocycles. The smallest absolute Gasteiger partial charge is 0.410 e. The molecule has 2 heterocycles. The van der Waals surface area contributed by atoms with Crippen molar-refractivity contribution in [1.29, 1.82) is 0 Å². The van der Waals surface area contributed by atoms with Crippen LogP contribution in [0.5, 0.6) is 0 Å². The molecule has 128 valence electrons. The van der Waals surface area contributed by atoms with Gasteiger partial charge in [-0.05, 0) is 39.0 Å². The van der Waals surface area contributed by atoms with Gasteiger partial charge >= 0.3 is 6.09 Å². The number of carbonyl (C=O) groups is 1. The molecular weight excluding hydrogens is 306 g/mol. The third-order valence-corrected chi connectivity index (χ3v) is 3.81. The van der Waals surface area contributed by atoms with E-state index in [0.717, 1.165) is 16.9 Å². The average molecular weight is 329 g/mol. The molecule has 1 fully saturated rings. The van der Waals surface area contributed by atoms with E-state index >= 15 is 0 Å². The second-order valence-electron chi connectivity index (χ2n) is 6.93. The summed E-state index contributed by atoms with van der Waals surface area (Å²) in [6.45, 7) is 8.24. The van der Waals surface area contributed by atoms with Gasteiger partial charge in [0.2, 0.25) is 0 Å². The fraction of sp³-hybridized carbons (Fsp3) is 0.471. The number of nitrogens with two attached hydrogens (primary N) is 1. The number of benzene rings is 1. The maximum Gasteiger partial charge on any atom is 0.410 e. The van der Waals surface area contributed by atoms with Crippen LogP contribution in [0.3, 0.4) is 0 Å². The highest BCUT2D eigenvalue weighted by Gasteiger charge is 2.26. The van der Waals surface area contributed by atoms with Crippen LogP contribution in [0.25, 0.3) is 11.0 Å². The van der Waals surface area contributed by atoms with Crippen molar-refractivity contribution in [2.45, 2.75) is 26.4 Å². The molecule has 0 aliphatic carbocycles. The van der Waals surface area contributed by atoms with E-state index in [1.54, 1.807) is 11.1 Å². The van der Waals surface area contributed by atoms with Gasteiger partial charge in [0.25, 0.3) is 0 Å². The minimum absolute atomic E-state index is 0.262. The maximum atomic E-state index is 12.1. The molecule has 0 atom stereocenters. The van der Waals surface area contributed by atoms with Crippen molar-refractivity contribution < 1.29 is 9.53 Å². The maximum absolute atomic E-state index is 12.1. The van der Waals surface area contributed by atoms with Crippen LogP contribution in [0, 0.1) is 0 Å². The van der Waals surface area contributed by atoms with Gasteiger partial charge in [-0.25, -0.2) is 9.78 Å². The molecule has 1 aliphatic rings. The molecule has 0 bridgehead atoms. The number of piperazine rings is 1. The van der Waals surface area contributed by atoms with Crippen LogP contribution in [0.2, 0.25) is 0 Å². The van der Waals surface area contributed by atoms with Crippen molar-refractivity contribution in [3.05, 3.63) is 24.4 Å². The number of nitrogens with zero attached hydrogens (tertiary/aromatic N) is 4. The zero-order valence-electron chi connectivity index (χ0n) is 14.3. The van der Waals surface area contributed by atoms with Crippen molar-refractivity contribution in [2.24, 2.45) is 0 Å². The van der Waals surface area contributed by atoms with Crippen LogP contribution >= 0.6 is 0 Å². The number of amides is 1. The first-order valence-electron chi connectivity index (χ1n) is 8.07. The summed E-state index contributed by atoms with van der Waals surface area (Å²) in [5.74, 6) is 0.816. The third kappa shape index (κ3) is 3.67. The van der Waals surface area contributed by atoms with Gasteiger partial charge in [0.15, 0.2) is 0 Å². The summed E-state index contributed by atoms with van der Waals surface area (Å²) in [4.78, 5) is 25.0. The summed E-state index contributed by atoms with van der Waals surface area (Å²) in [5.41, 5.74) is 7.57. The predicted octanol–water partition coefficient (Wildman–Crippen LogP) is 2.27. The van der Waals surface area contributed by atoms with E-state index in [4.69, 9.17) is 10.5 Å². The molecule has 7 heteroatoms. The monoisotopic (exact) mass is 329 g/mol. The summed E-state index contributed by atoms with van der Waals surface area (Å²) in [7, 11) is 0. The van der Waals surface area contributed by atoms with Gasteiger partial charge in [0, 0.05) is 31.9 Å². The zero-order valence-corrected chi connectivity index (χ0v) is 14.3. The standard InChI is InChI=1S/C17H23N5O2/c1-17(2,3)24-16(23)22-8-6-21(7-9-22)15-11-19-14-10-12(18)4-5-13(14)20-15/h4-5,10-11H,6-9,18H2,1-3H3. The third-order valence-electron chi connectivity index (χ3n) is 3.81. The lowest BCUT2D eigenvalue weighted by Crippen LogP contribution is -2.50. The van der Waals surface area contributed by atoms with Gasteiger partial charge in [-0.15, -0.1) is 0 Å². The molecule has 7 nitrogen and oxygen atoms in total. The fourth-order valence-electron chi connectivity index (χ4n) is 2.61. The van der Waals surface area contributed by atoms with Crippen molar-refractivity contribution in [3.8, 4) is 0 Å². The van der Waals surface area contributed by atoms with E-state index in [1.807, 2.05) is 39.0 Å². The molecule has 0 saturated carbocycles. The molecule has 0 radical (unpaired) electrons. The summed E-state index contributed by atoms with van der Waals surface area (Å²) < 4.78 is 5.42. The number of hydrogen-bond acceptors (Lipinski definition) is 6. The quantitative estimate of drug-likeness (QED) is 0.808. The molecule has 2 aromatic rings. The Labute approximate surface area is 141 Å². The number of ether oxygens (including phenoxy) is 1. The van der Waals surface area contributed by atoms with E-state index in [-0.39, 0.29) is 6.09 Å². The minimum Gasteiger partial charge on any atom is -0.444 e. The number of nitrogen functional groups attached to an aromatic ring is 1. The van der Waals surface area contributed by atoms with Crippen LogP contribution in [-0.2, 0) is 4.74 Å². The van der Waals surface area contributed by atoms with Crippen LogP contribution in [0.15, 0.2) is 24.4 Å². The van der Waals surface area contributed by atoms with Crippen LogP contribution in [-0.4, -0.2) is 52.7 Å². The SMILES string of the molecule is CC(C)(C)OC(=O)N1CCN(c2cnc3cc(N)ccc3n2)CC1. The Balaban J connectivity index is 1.66. The Hall–Kier alpha value is -2.57. The molecule has 1 aromatic heterocycles. The van der Waals surface area contributed by atoms with E-state index in [9.17, 15) is 4.79 Å². The fourth-order valence-corrected chi connectivity index (χ4v) is 2.61. The molecule has 0 unspecified atom stereocenters. The molecular formula is C17H23N5O2. The highest BCUT2D eigenvalue weighted by atomic mass is 16.6. The Bertz CT molecular complexity index is 748. The molecule has 1 aliphatic heterocycles. The predicted molar refractivity (Wildman–Crippen MR) is 94.0 cm³/mol. The summed E-state index contributed by atoms with van der Waals surface area (Å²) in [6, 6.07) is 5.51. The van der Waals surface area contributed by atoms with Gasteiger partial charge in [-0.1, -0.05) is 0 Å². The normalized spacial score (nSPS) is 15.6. The molecule has 3 rings (SSSR count). The number of anilines is 2. The van der Waals surface area contributed by atoms with Crippen LogP contribution in [0.4, 0.5) is 16.3 Å². The number of hydrogen-bond donors (Lipinski definition) is 1. The van der Waals surface area contributed by atoms with Gasteiger partial charge < -0.3 is 20.3 Å². The molecule has 1 amide bonds. The number of fused-ring (bicyclic) bond motifs is 1. The van der Waals surface area contributed by atoms with Gasteiger partial charge in [0.05, 0.1) is 17.2 Å². The zero-order chi connectivity index (χ0) is 17.3. The Kier molecular flexibility index (Phi) is 4.17. The van der Waals surface area contributed by atoms with Crippen molar-refractivity contribution in [1.82, 2.24) is 14.9 Å².